The molecule has 136 valence electrons. The van der Waals surface area contributed by atoms with Crippen LogP contribution in [-0.4, -0.2) is 25.6 Å². The van der Waals surface area contributed by atoms with Gasteiger partial charge in [-0.25, -0.2) is 9.78 Å². The van der Waals surface area contributed by atoms with Crippen molar-refractivity contribution in [1.82, 2.24) is 19.0 Å². The number of fused-ring (bicyclic) bond motifs is 1. The van der Waals surface area contributed by atoms with E-state index in [9.17, 15) is 9.59 Å². The Hall–Kier alpha value is -2.25. The second-order valence-electron chi connectivity index (χ2n) is 6.88. The van der Waals surface area contributed by atoms with Gasteiger partial charge in [0.25, 0.3) is 5.56 Å². The molecule has 3 aromatic rings. The zero-order valence-electron chi connectivity index (χ0n) is 15.0. The average molecular weight is 370 g/mol. The Morgan fingerprint density at radius 1 is 1.15 bits per heavy atom. The monoisotopic (exact) mass is 370 g/mol. The molecule has 2 aromatic heterocycles. The highest BCUT2D eigenvalue weighted by Gasteiger charge is 2.27. The average Bonchev–Trinajstić information content (AvgIpc) is 3.09. The van der Waals surface area contributed by atoms with E-state index in [0.717, 1.165) is 40.2 Å². The molecule has 0 amide bonds. The van der Waals surface area contributed by atoms with Crippen LogP contribution in [0.15, 0.2) is 39.9 Å². The van der Waals surface area contributed by atoms with Gasteiger partial charge in [-0.3, -0.25) is 18.8 Å². The molecule has 1 aliphatic rings. The third-order valence-electron chi connectivity index (χ3n) is 5.20. The predicted octanol–water partition coefficient (Wildman–Crippen LogP) is 2.42. The van der Waals surface area contributed by atoms with Crippen molar-refractivity contribution in [3.05, 3.63) is 61.9 Å². The summed E-state index contributed by atoms with van der Waals surface area (Å²) in [7, 11) is 3.24. The fourth-order valence-corrected chi connectivity index (χ4v) is 4.77. The van der Waals surface area contributed by atoms with E-state index < -0.39 is 0 Å². The highest BCUT2D eigenvalue weighted by molar-refractivity contribution is 7.18. The van der Waals surface area contributed by atoms with Gasteiger partial charge in [0.15, 0.2) is 0 Å². The molecule has 0 bridgehead atoms. The molecular formula is C19H22N4O2S. The van der Waals surface area contributed by atoms with Crippen LogP contribution in [0, 0.1) is 0 Å². The molecule has 1 atom stereocenters. The lowest BCUT2D eigenvalue weighted by atomic mass is 10.0. The lowest BCUT2D eigenvalue weighted by molar-refractivity contribution is 0.136. The normalized spacial score (nSPS) is 18.5. The molecule has 4 rings (SSSR count). The Kier molecular flexibility index (Phi) is 4.50. The Bertz CT molecular complexity index is 1030. The third kappa shape index (κ3) is 3.01. The van der Waals surface area contributed by atoms with E-state index in [-0.39, 0.29) is 17.3 Å². The summed E-state index contributed by atoms with van der Waals surface area (Å²) in [6.45, 7) is 1.53. The number of thiazole rings is 1. The van der Waals surface area contributed by atoms with Crippen molar-refractivity contribution in [1.29, 1.82) is 0 Å². The summed E-state index contributed by atoms with van der Waals surface area (Å²) in [6, 6.07) is 10.0. The quantitative estimate of drug-likeness (QED) is 0.710. The van der Waals surface area contributed by atoms with E-state index in [2.05, 4.69) is 11.0 Å². The maximum Gasteiger partial charge on any atom is 0.330 e. The number of aromatic nitrogens is 3. The minimum atomic E-state index is -0.277. The molecule has 0 spiro atoms. The summed E-state index contributed by atoms with van der Waals surface area (Å²) in [4.78, 5) is 31.5. The van der Waals surface area contributed by atoms with Crippen LogP contribution in [0.3, 0.4) is 0 Å². The molecule has 6 nitrogen and oxygen atoms in total. The Morgan fingerprint density at radius 3 is 2.77 bits per heavy atom. The summed E-state index contributed by atoms with van der Waals surface area (Å²) in [5.41, 5.74) is 1.27. The standard InChI is InChI=1S/C19H22N4O2S/c1-21-13(11-17(24)22(2)19(21)25)12-23-10-6-5-8-15(23)18-20-14-7-3-4-9-16(14)26-18/h3-4,7,9,11,15H,5-6,8,10,12H2,1-2H3/t15-/m1/s1. The first kappa shape index (κ1) is 17.2. The SMILES string of the molecule is Cn1c(CN2CCCC[C@@H]2c2nc3ccccc3s2)cc(=O)n(C)c1=O. The summed E-state index contributed by atoms with van der Waals surface area (Å²) < 4.78 is 3.92. The van der Waals surface area contributed by atoms with E-state index in [1.165, 1.54) is 18.2 Å². The second-order valence-corrected chi connectivity index (χ2v) is 7.94. The minimum absolute atomic E-state index is 0.236. The minimum Gasteiger partial charge on any atom is -0.299 e. The first-order valence-corrected chi connectivity index (χ1v) is 9.71. The summed E-state index contributed by atoms with van der Waals surface area (Å²) in [5, 5.41) is 1.12. The van der Waals surface area contributed by atoms with Crippen LogP contribution in [0.25, 0.3) is 10.2 Å². The molecule has 1 saturated heterocycles. The second kappa shape index (κ2) is 6.81. The number of likely N-dealkylation sites (tertiary alicyclic amines) is 1. The molecule has 0 radical (unpaired) electrons. The fraction of sp³-hybridized carbons (Fsp3) is 0.421. The van der Waals surface area contributed by atoms with E-state index in [1.807, 2.05) is 18.2 Å². The number of nitrogens with zero attached hydrogens (tertiary/aromatic N) is 4. The molecule has 26 heavy (non-hydrogen) atoms. The van der Waals surface area contributed by atoms with E-state index in [0.29, 0.717) is 6.54 Å². The summed E-state index contributed by atoms with van der Waals surface area (Å²) in [6.07, 6.45) is 3.35. The zero-order chi connectivity index (χ0) is 18.3. The molecule has 0 saturated carbocycles. The van der Waals surface area contributed by atoms with Crippen LogP contribution in [0.5, 0.6) is 0 Å². The first-order valence-electron chi connectivity index (χ1n) is 8.90. The van der Waals surface area contributed by atoms with Gasteiger partial charge in [-0.15, -0.1) is 11.3 Å². The number of hydrogen-bond donors (Lipinski definition) is 0. The maximum absolute atomic E-state index is 12.2. The van der Waals surface area contributed by atoms with Gasteiger partial charge in [-0.05, 0) is 31.5 Å². The van der Waals surface area contributed by atoms with Crippen molar-refractivity contribution >= 4 is 21.6 Å². The first-order chi connectivity index (χ1) is 12.5. The van der Waals surface area contributed by atoms with Gasteiger partial charge < -0.3 is 0 Å². The lowest BCUT2D eigenvalue weighted by Gasteiger charge is -2.34. The maximum atomic E-state index is 12.2. The Labute approximate surface area is 155 Å². The highest BCUT2D eigenvalue weighted by Crippen LogP contribution is 2.36. The summed E-state index contributed by atoms with van der Waals surface area (Å²) >= 11 is 1.74. The van der Waals surface area contributed by atoms with E-state index >= 15 is 0 Å². The number of para-hydroxylation sites is 1. The van der Waals surface area contributed by atoms with Gasteiger partial charge in [0.1, 0.15) is 5.01 Å². The molecule has 1 aromatic carbocycles. The third-order valence-corrected chi connectivity index (χ3v) is 6.34. The summed E-state index contributed by atoms with van der Waals surface area (Å²) in [5.74, 6) is 0. The molecule has 0 N–H and O–H groups in total. The highest BCUT2D eigenvalue weighted by atomic mass is 32.1. The van der Waals surface area contributed by atoms with Crippen molar-refractivity contribution in [2.24, 2.45) is 14.1 Å². The smallest absolute Gasteiger partial charge is 0.299 e. The van der Waals surface area contributed by atoms with Crippen LogP contribution in [-0.2, 0) is 20.6 Å². The van der Waals surface area contributed by atoms with Gasteiger partial charge in [0.05, 0.1) is 16.3 Å². The van der Waals surface area contributed by atoms with Crippen molar-refractivity contribution in [2.45, 2.75) is 31.8 Å². The molecule has 0 aliphatic carbocycles. The van der Waals surface area contributed by atoms with Crippen molar-refractivity contribution in [3.8, 4) is 0 Å². The van der Waals surface area contributed by atoms with Gasteiger partial charge >= 0.3 is 5.69 Å². The molecular weight excluding hydrogens is 348 g/mol. The van der Waals surface area contributed by atoms with Crippen molar-refractivity contribution in [3.63, 3.8) is 0 Å². The van der Waals surface area contributed by atoms with Crippen LogP contribution in [0.4, 0.5) is 0 Å². The Morgan fingerprint density at radius 2 is 1.96 bits per heavy atom. The van der Waals surface area contributed by atoms with Gasteiger partial charge in [0, 0.05) is 32.4 Å². The van der Waals surface area contributed by atoms with Crippen LogP contribution < -0.4 is 11.2 Å². The molecule has 7 heteroatoms. The van der Waals surface area contributed by atoms with Gasteiger partial charge in [0.2, 0.25) is 0 Å². The number of hydrogen-bond acceptors (Lipinski definition) is 5. The molecule has 1 fully saturated rings. The van der Waals surface area contributed by atoms with Crippen molar-refractivity contribution < 1.29 is 0 Å². The van der Waals surface area contributed by atoms with Crippen LogP contribution in [0.1, 0.15) is 36.0 Å². The topological polar surface area (TPSA) is 60.1 Å². The molecule has 3 heterocycles. The van der Waals surface area contributed by atoms with Crippen molar-refractivity contribution in [2.75, 3.05) is 6.54 Å². The van der Waals surface area contributed by atoms with E-state index in [4.69, 9.17) is 4.98 Å². The van der Waals surface area contributed by atoms with Gasteiger partial charge in [-0.2, -0.15) is 0 Å². The number of piperidine rings is 1. The molecule has 1 aliphatic heterocycles. The van der Waals surface area contributed by atoms with E-state index in [1.54, 1.807) is 29.0 Å². The number of benzene rings is 1. The fourth-order valence-electron chi connectivity index (χ4n) is 3.63. The molecule has 0 unspecified atom stereocenters. The van der Waals surface area contributed by atoms with Crippen LogP contribution in [0.2, 0.25) is 0 Å². The largest absolute Gasteiger partial charge is 0.330 e. The zero-order valence-corrected chi connectivity index (χ0v) is 15.8. The predicted molar refractivity (Wildman–Crippen MR) is 104 cm³/mol. The van der Waals surface area contributed by atoms with Gasteiger partial charge in [-0.1, -0.05) is 18.6 Å². The lowest BCUT2D eigenvalue weighted by Crippen LogP contribution is -2.40. The van der Waals surface area contributed by atoms with Crippen LogP contribution >= 0.6 is 11.3 Å². The number of rotatable bonds is 3. The Balaban J connectivity index is 1.68.